The number of thiazole rings is 1. The largest absolute Gasteiger partial charge is 0.378 e. The first-order valence-electron chi connectivity index (χ1n) is 5.08. The van der Waals surface area contributed by atoms with E-state index in [1.165, 1.54) is 0 Å². The van der Waals surface area contributed by atoms with Gasteiger partial charge in [-0.2, -0.15) is 4.98 Å². The molecular weight excluding hydrogens is 290 g/mol. The maximum atomic E-state index is 5.33. The van der Waals surface area contributed by atoms with Crippen LogP contribution >= 0.6 is 27.3 Å². The van der Waals surface area contributed by atoms with Crippen LogP contribution in [0.5, 0.6) is 0 Å². The van der Waals surface area contributed by atoms with Gasteiger partial charge in [0.25, 0.3) is 0 Å². The average molecular weight is 300 g/mol. The van der Waals surface area contributed by atoms with Gasteiger partial charge in [0, 0.05) is 23.8 Å². The molecule has 2 aromatic heterocycles. The lowest BCUT2D eigenvalue weighted by Gasteiger charge is -2.25. The molecule has 1 saturated heterocycles. The fourth-order valence-corrected chi connectivity index (χ4v) is 3.17. The molecule has 1 aliphatic heterocycles. The van der Waals surface area contributed by atoms with E-state index >= 15 is 0 Å². The Morgan fingerprint density at radius 1 is 1.38 bits per heavy atom. The van der Waals surface area contributed by atoms with E-state index in [0.717, 1.165) is 46.3 Å². The number of halogens is 1. The number of hydrogen-bond donors (Lipinski definition) is 0. The van der Waals surface area contributed by atoms with Gasteiger partial charge in [-0.15, -0.1) is 0 Å². The van der Waals surface area contributed by atoms with E-state index < -0.39 is 0 Å². The van der Waals surface area contributed by atoms with Crippen molar-refractivity contribution in [3.8, 4) is 0 Å². The molecule has 0 spiro atoms. The molecule has 0 unspecified atom stereocenters. The Kier molecular flexibility index (Phi) is 2.79. The topological polar surface area (TPSA) is 38.2 Å². The summed E-state index contributed by atoms with van der Waals surface area (Å²) in [5.74, 6) is 0. The van der Waals surface area contributed by atoms with Gasteiger partial charge in [-0.25, -0.2) is 4.98 Å². The maximum Gasteiger partial charge on any atom is 0.188 e. The van der Waals surface area contributed by atoms with Crippen molar-refractivity contribution in [2.75, 3.05) is 31.2 Å². The Bertz CT molecular complexity index is 510. The van der Waals surface area contributed by atoms with Crippen molar-refractivity contribution < 1.29 is 4.74 Å². The van der Waals surface area contributed by atoms with Crippen LogP contribution in [-0.2, 0) is 4.74 Å². The van der Waals surface area contributed by atoms with E-state index in [-0.39, 0.29) is 0 Å². The Balaban J connectivity index is 1.97. The third-order valence-electron chi connectivity index (χ3n) is 2.48. The standard InChI is InChI=1S/C10H10BrN3OS/c11-7-5-8-9(12-6-7)13-10(16-8)14-1-3-15-4-2-14/h5-6H,1-4H2. The molecule has 6 heteroatoms. The summed E-state index contributed by atoms with van der Waals surface area (Å²) in [6.45, 7) is 3.40. The number of nitrogens with zero attached hydrogens (tertiary/aromatic N) is 3. The molecule has 3 heterocycles. The van der Waals surface area contributed by atoms with Crippen LogP contribution in [0.15, 0.2) is 16.7 Å². The SMILES string of the molecule is Brc1cnc2nc(N3CCOCC3)sc2c1. The summed E-state index contributed by atoms with van der Waals surface area (Å²) in [7, 11) is 0. The van der Waals surface area contributed by atoms with E-state index in [0.29, 0.717) is 0 Å². The molecule has 16 heavy (non-hydrogen) atoms. The summed E-state index contributed by atoms with van der Waals surface area (Å²) < 4.78 is 7.45. The van der Waals surface area contributed by atoms with Crippen LogP contribution in [0, 0.1) is 0 Å². The van der Waals surface area contributed by atoms with Gasteiger partial charge in [0.1, 0.15) is 0 Å². The number of anilines is 1. The van der Waals surface area contributed by atoms with Gasteiger partial charge in [0.2, 0.25) is 0 Å². The summed E-state index contributed by atoms with van der Waals surface area (Å²) in [5.41, 5.74) is 0.828. The molecule has 0 bridgehead atoms. The first kappa shape index (κ1) is 10.4. The third-order valence-corrected chi connectivity index (χ3v) is 3.97. The normalized spacial score (nSPS) is 16.9. The predicted molar refractivity (Wildman–Crippen MR) is 68.1 cm³/mol. The minimum absolute atomic E-state index is 0.785. The van der Waals surface area contributed by atoms with E-state index in [1.54, 1.807) is 17.5 Å². The molecule has 0 aliphatic carbocycles. The van der Waals surface area contributed by atoms with Gasteiger partial charge < -0.3 is 9.64 Å². The Hall–Kier alpha value is -0.720. The Morgan fingerprint density at radius 2 is 2.19 bits per heavy atom. The summed E-state index contributed by atoms with van der Waals surface area (Å²) in [5, 5.41) is 1.05. The van der Waals surface area contributed by atoms with Crippen LogP contribution in [0.3, 0.4) is 0 Å². The number of ether oxygens (including phenoxy) is 1. The molecule has 3 rings (SSSR count). The smallest absolute Gasteiger partial charge is 0.188 e. The fourth-order valence-electron chi connectivity index (χ4n) is 1.67. The van der Waals surface area contributed by atoms with Gasteiger partial charge in [0.15, 0.2) is 10.8 Å². The number of rotatable bonds is 1. The van der Waals surface area contributed by atoms with Crippen molar-refractivity contribution in [3.05, 3.63) is 16.7 Å². The molecule has 1 fully saturated rings. The second kappa shape index (κ2) is 4.27. The second-order valence-electron chi connectivity index (χ2n) is 3.57. The number of morpholine rings is 1. The molecule has 0 saturated carbocycles. The maximum absolute atomic E-state index is 5.33. The highest BCUT2D eigenvalue weighted by molar-refractivity contribution is 9.10. The molecule has 4 nitrogen and oxygen atoms in total. The zero-order valence-electron chi connectivity index (χ0n) is 8.52. The second-order valence-corrected chi connectivity index (χ2v) is 5.50. The fraction of sp³-hybridized carbons (Fsp3) is 0.400. The van der Waals surface area contributed by atoms with E-state index in [1.807, 2.05) is 0 Å². The van der Waals surface area contributed by atoms with Crippen LogP contribution in [0.4, 0.5) is 5.13 Å². The van der Waals surface area contributed by atoms with E-state index in [2.05, 4.69) is 36.9 Å². The number of aromatic nitrogens is 2. The molecule has 0 N–H and O–H groups in total. The van der Waals surface area contributed by atoms with Crippen molar-refractivity contribution in [1.82, 2.24) is 9.97 Å². The van der Waals surface area contributed by atoms with Gasteiger partial charge in [-0.05, 0) is 22.0 Å². The third kappa shape index (κ3) is 1.92. The van der Waals surface area contributed by atoms with Gasteiger partial charge in [-0.1, -0.05) is 11.3 Å². The minimum Gasteiger partial charge on any atom is -0.378 e. The zero-order chi connectivity index (χ0) is 11.0. The summed E-state index contributed by atoms with van der Waals surface area (Å²) in [4.78, 5) is 11.1. The van der Waals surface area contributed by atoms with Gasteiger partial charge >= 0.3 is 0 Å². The molecule has 1 aliphatic rings. The van der Waals surface area contributed by atoms with E-state index in [9.17, 15) is 0 Å². The van der Waals surface area contributed by atoms with Crippen molar-refractivity contribution in [3.63, 3.8) is 0 Å². The molecule has 0 aromatic carbocycles. The molecule has 2 aromatic rings. The van der Waals surface area contributed by atoms with Crippen LogP contribution in [0.25, 0.3) is 10.3 Å². The van der Waals surface area contributed by atoms with Gasteiger partial charge in [-0.3, -0.25) is 0 Å². The van der Waals surface area contributed by atoms with Crippen LogP contribution in [0.2, 0.25) is 0 Å². The first-order valence-corrected chi connectivity index (χ1v) is 6.69. The monoisotopic (exact) mass is 299 g/mol. The summed E-state index contributed by atoms with van der Waals surface area (Å²) in [6.07, 6.45) is 1.78. The lowest BCUT2D eigenvalue weighted by atomic mass is 10.4. The predicted octanol–water partition coefficient (Wildman–Crippen LogP) is 2.29. The lowest BCUT2D eigenvalue weighted by molar-refractivity contribution is 0.122. The molecule has 0 radical (unpaired) electrons. The zero-order valence-corrected chi connectivity index (χ0v) is 10.9. The van der Waals surface area contributed by atoms with Crippen LogP contribution in [0.1, 0.15) is 0 Å². The highest BCUT2D eigenvalue weighted by atomic mass is 79.9. The number of hydrogen-bond acceptors (Lipinski definition) is 5. The number of pyridine rings is 1. The molecule has 0 atom stereocenters. The van der Waals surface area contributed by atoms with Crippen molar-refractivity contribution in [1.29, 1.82) is 0 Å². The average Bonchev–Trinajstić information content (AvgIpc) is 2.73. The van der Waals surface area contributed by atoms with Crippen molar-refractivity contribution in [2.45, 2.75) is 0 Å². The highest BCUT2D eigenvalue weighted by Gasteiger charge is 2.15. The van der Waals surface area contributed by atoms with Crippen molar-refractivity contribution in [2.24, 2.45) is 0 Å². The Morgan fingerprint density at radius 3 is 3.00 bits per heavy atom. The molecule has 0 amide bonds. The lowest BCUT2D eigenvalue weighted by Crippen LogP contribution is -2.36. The van der Waals surface area contributed by atoms with E-state index in [4.69, 9.17) is 4.74 Å². The minimum atomic E-state index is 0.785. The van der Waals surface area contributed by atoms with Crippen LogP contribution in [-0.4, -0.2) is 36.3 Å². The van der Waals surface area contributed by atoms with Crippen LogP contribution < -0.4 is 4.90 Å². The number of fused-ring (bicyclic) bond motifs is 1. The summed E-state index contributed by atoms with van der Waals surface area (Å²) >= 11 is 5.11. The highest BCUT2D eigenvalue weighted by Crippen LogP contribution is 2.29. The Labute approximate surface area is 105 Å². The van der Waals surface area contributed by atoms with Gasteiger partial charge in [0.05, 0.1) is 17.9 Å². The molecular formula is C10H10BrN3OS. The quantitative estimate of drug-likeness (QED) is 0.810. The first-order chi connectivity index (χ1) is 7.83. The van der Waals surface area contributed by atoms with Crippen molar-refractivity contribution >= 4 is 42.7 Å². The summed E-state index contributed by atoms with van der Waals surface area (Å²) in [6, 6.07) is 2.06. The molecule has 84 valence electrons.